The average molecular weight is 334 g/mol. The van der Waals surface area contributed by atoms with Crippen LogP contribution in [0.2, 0.25) is 0 Å². The number of hydrogen-bond acceptors (Lipinski definition) is 3. The Morgan fingerprint density at radius 2 is 1.92 bits per heavy atom. The van der Waals surface area contributed by atoms with Crippen LogP contribution in [0.3, 0.4) is 0 Å². The van der Waals surface area contributed by atoms with Crippen LogP contribution in [0.15, 0.2) is 42.6 Å². The number of nitrogens with zero attached hydrogens (tertiary/aromatic N) is 1. The van der Waals surface area contributed by atoms with Crippen LogP contribution >= 0.6 is 0 Å². The minimum Gasteiger partial charge on any atom is -0.444 e. The van der Waals surface area contributed by atoms with Crippen molar-refractivity contribution >= 4 is 6.09 Å². The highest BCUT2D eigenvalue weighted by Gasteiger charge is 2.22. The van der Waals surface area contributed by atoms with Crippen molar-refractivity contribution in [2.24, 2.45) is 0 Å². The van der Waals surface area contributed by atoms with Crippen molar-refractivity contribution in [1.82, 2.24) is 10.3 Å². The monoisotopic (exact) mass is 334 g/mol. The van der Waals surface area contributed by atoms with Gasteiger partial charge in [0.05, 0.1) is 6.04 Å². The third-order valence-electron chi connectivity index (χ3n) is 3.19. The first kappa shape index (κ1) is 17.8. The van der Waals surface area contributed by atoms with Crippen LogP contribution in [0.1, 0.15) is 37.9 Å². The molecule has 0 aliphatic heterocycles. The van der Waals surface area contributed by atoms with E-state index in [-0.39, 0.29) is 0 Å². The van der Waals surface area contributed by atoms with E-state index >= 15 is 0 Å². The summed E-state index contributed by atoms with van der Waals surface area (Å²) >= 11 is 0. The minimum atomic E-state index is -1.17. The molecule has 2 rings (SSSR count). The second kappa shape index (κ2) is 7.38. The van der Waals surface area contributed by atoms with Crippen molar-refractivity contribution in [1.29, 1.82) is 0 Å². The lowest BCUT2D eigenvalue weighted by atomic mass is 10.0. The molecule has 0 spiro atoms. The number of halogens is 2. The van der Waals surface area contributed by atoms with E-state index in [0.717, 1.165) is 11.6 Å². The quantitative estimate of drug-likeness (QED) is 0.854. The number of ether oxygens (including phenoxy) is 1. The average Bonchev–Trinajstić information content (AvgIpc) is 2.48. The van der Waals surface area contributed by atoms with E-state index in [1.807, 2.05) is 30.3 Å². The van der Waals surface area contributed by atoms with Gasteiger partial charge in [0.1, 0.15) is 5.60 Å². The number of aromatic nitrogens is 1. The van der Waals surface area contributed by atoms with Crippen LogP contribution in [0.4, 0.5) is 13.6 Å². The maximum Gasteiger partial charge on any atom is 0.408 e. The number of benzene rings is 1. The lowest BCUT2D eigenvalue weighted by Crippen LogP contribution is -2.35. The fourth-order valence-corrected chi connectivity index (χ4v) is 2.18. The maximum atomic E-state index is 13.5. The van der Waals surface area contributed by atoms with Crippen molar-refractivity contribution in [3.05, 3.63) is 65.5 Å². The molecule has 24 heavy (non-hydrogen) atoms. The topological polar surface area (TPSA) is 51.2 Å². The molecule has 0 saturated heterocycles. The first-order valence-corrected chi connectivity index (χ1v) is 7.59. The summed E-state index contributed by atoms with van der Waals surface area (Å²) in [7, 11) is 0. The van der Waals surface area contributed by atoms with E-state index in [2.05, 4.69) is 10.3 Å². The van der Waals surface area contributed by atoms with Crippen LogP contribution in [0.25, 0.3) is 0 Å². The van der Waals surface area contributed by atoms with Crippen LogP contribution in [0.5, 0.6) is 0 Å². The molecule has 0 aliphatic carbocycles. The molecule has 2 aromatic rings. The Bertz CT molecular complexity index is 700. The Kier molecular flexibility index (Phi) is 5.49. The highest BCUT2D eigenvalue weighted by molar-refractivity contribution is 5.68. The first-order chi connectivity index (χ1) is 11.2. The normalized spacial score (nSPS) is 12.5. The van der Waals surface area contributed by atoms with Crippen molar-refractivity contribution in [2.75, 3.05) is 0 Å². The molecule has 0 radical (unpaired) electrons. The number of carbonyl (C=O) groups excluding carboxylic acids is 1. The van der Waals surface area contributed by atoms with E-state index in [4.69, 9.17) is 4.74 Å². The number of alkyl carbamates (subject to hydrolysis) is 1. The molecule has 1 heterocycles. The number of nitrogens with one attached hydrogen (secondary N) is 1. The van der Waals surface area contributed by atoms with Gasteiger partial charge in [-0.15, -0.1) is 0 Å². The lowest BCUT2D eigenvalue weighted by Gasteiger charge is -2.24. The third-order valence-corrected chi connectivity index (χ3v) is 3.19. The predicted octanol–water partition coefficient (Wildman–Crippen LogP) is 4.17. The van der Waals surface area contributed by atoms with Crippen molar-refractivity contribution in [2.45, 2.75) is 38.8 Å². The van der Waals surface area contributed by atoms with Gasteiger partial charge in [0.2, 0.25) is 5.95 Å². The Hall–Kier alpha value is -2.50. The lowest BCUT2D eigenvalue weighted by molar-refractivity contribution is 0.0503. The van der Waals surface area contributed by atoms with Gasteiger partial charge in [-0.2, -0.15) is 4.39 Å². The van der Waals surface area contributed by atoms with Crippen LogP contribution < -0.4 is 5.32 Å². The van der Waals surface area contributed by atoms with Crippen LogP contribution in [-0.4, -0.2) is 16.7 Å². The van der Waals surface area contributed by atoms with Gasteiger partial charge < -0.3 is 10.1 Å². The number of rotatable bonds is 4. The second-order valence-corrected chi connectivity index (χ2v) is 6.43. The van der Waals surface area contributed by atoms with E-state index in [9.17, 15) is 13.6 Å². The molecule has 1 amide bonds. The summed E-state index contributed by atoms with van der Waals surface area (Å²) in [5, 5.41) is 2.69. The largest absolute Gasteiger partial charge is 0.444 e. The van der Waals surface area contributed by atoms with Gasteiger partial charge in [-0.1, -0.05) is 30.3 Å². The zero-order chi connectivity index (χ0) is 17.7. The summed E-state index contributed by atoms with van der Waals surface area (Å²) in [6.45, 7) is 5.24. The molecule has 1 aromatic heterocycles. The molecular formula is C18H20F2N2O2. The van der Waals surface area contributed by atoms with Gasteiger partial charge in [-0.25, -0.2) is 14.2 Å². The molecule has 1 aromatic carbocycles. The summed E-state index contributed by atoms with van der Waals surface area (Å²) in [4.78, 5) is 15.5. The maximum absolute atomic E-state index is 13.5. The third kappa shape index (κ3) is 5.30. The van der Waals surface area contributed by atoms with Gasteiger partial charge >= 0.3 is 6.09 Å². The van der Waals surface area contributed by atoms with Crippen molar-refractivity contribution < 1.29 is 18.3 Å². The predicted molar refractivity (Wildman–Crippen MR) is 86.4 cm³/mol. The van der Waals surface area contributed by atoms with Gasteiger partial charge in [0.15, 0.2) is 5.82 Å². The van der Waals surface area contributed by atoms with E-state index in [1.165, 1.54) is 6.20 Å². The molecule has 128 valence electrons. The van der Waals surface area contributed by atoms with E-state index in [1.54, 1.807) is 20.8 Å². The van der Waals surface area contributed by atoms with Gasteiger partial charge in [0.25, 0.3) is 0 Å². The minimum absolute atomic E-state index is 0.364. The summed E-state index contributed by atoms with van der Waals surface area (Å²) in [6.07, 6.45) is 0.976. The fraction of sp³-hybridized carbons (Fsp3) is 0.333. The molecule has 4 nitrogen and oxygen atoms in total. The SMILES string of the molecule is CC(C)(C)OC(=O)NC(Cc1ccccc1)c1cnc(F)c(F)c1. The molecule has 1 N–H and O–H groups in total. The summed E-state index contributed by atoms with van der Waals surface area (Å²) < 4.78 is 31.8. The molecule has 0 aliphatic rings. The molecule has 6 heteroatoms. The Labute approximate surface area is 139 Å². The molecule has 1 unspecified atom stereocenters. The van der Waals surface area contributed by atoms with Gasteiger partial charge in [-0.3, -0.25) is 0 Å². The Morgan fingerprint density at radius 1 is 1.25 bits per heavy atom. The number of pyridine rings is 1. The highest BCUT2D eigenvalue weighted by Crippen LogP contribution is 2.20. The van der Waals surface area contributed by atoms with Crippen LogP contribution in [-0.2, 0) is 11.2 Å². The van der Waals surface area contributed by atoms with E-state index < -0.39 is 29.5 Å². The van der Waals surface area contributed by atoms with Crippen molar-refractivity contribution in [3.8, 4) is 0 Å². The Balaban J connectivity index is 2.23. The second-order valence-electron chi connectivity index (χ2n) is 6.43. The molecule has 1 atom stereocenters. The van der Waals surface area contributed by atoms with Crippen LogP contribution in [0, 0.1) is 11.8 Å². The summed E-state index contributed by atoms with van der Waals surface area (Å²) in [5.74, 6) is -2.23. The number of hydrogen-bond donors (Lipinski definition) is 1. The van der Waals surface area contributed by atoms with Gasteiger partial charge in [0, 0.05) is 6.20 Å². The van der Waals surface area contributed by atoms with E-state index in [0.29, 0.717) is 12.0 Å². The molecular weight excluding hydrogens is 314 g/mol. The Morgan fingerprint density at radius 3 is 2.50 bits per heavy atom. The van der Waals surface area contributed by atoms with Crippen molar-refractivity contribution in [3.63, 3.8) is 0 Å². The molecule has 0 fully saturated rings. The molecule has 0 bridgehead atoms. The zero-order valence-corrected chi connectivity index (χ0v) is 13.8. The summed E-state index contributed by atoms with van der Waals surface area (Å²) in [5.41, 5.74) is 0.639. The summed E-state index contributed by atoms with van der Waals surface area (Å²) in [6, 6.07) is 9.82. The number of carbonyl (C=O) groups is 1. The van der Waals surface area contributed by atoms with Gasteiger partial charge in [-0.05, 0) is 44.4 Å². The zero-order valence-electron chi connectivity index (χ0n) is 13.8. The first-order valence-electron chi connectivity index (χ1n) is 7.59. The number of amides is 1. The molecule has 0 saturated carbocycles. The fourth-order valence-electron chi connectivity index (χ4n) is 2.18. The highest BCUT2D eigenvalue weighted by atomic mass is 19.2. The standard InChI is InChI=1S/C18H20F2N2O2/c1-18(2,3)24-17(23)22-15(9-12-7-5-4-6-8-12)13-10-14(19)16(20)21-11-13/h4-8,10-11,15H,9H2,1-3H3,(H,22,23). The smallest absolute Gasteiger partial charge is 0.408 e.